The van der Waals surface area contributed by atoms with E-state index in [2.05, 4.69) is 5.32 Å². The zero-order valence-corrected chi connectivity index (χ0v) is 13.3. The average Bonchev–Trinajstić information content (AvgIpc) is 2.38. The Kier molecular flexibility index (Phi) is 6.59. The fraction of sp³-hybridized carbons (Fsp3) is 0.500. The number of hydrogen-bond acceptors (Lipinski definition) is 3. The molecule has 0 aromatic heterocycles. The Bertz CT molecular complexity index is 468. The summed E-state index contributed by atoms with van der Waals surface area (Å²) in [7, 11) is 0. The number of carbonyl (C=O) groups is 1. The highest BCUT2D eigenvalue weighted by Crippen LogP contribution is 2.21. The number of aryl methyl sites for hydroxylation is 1. The molecule has 1 atom stereocenters. The Hall–Kier alpha value is -0.970. The molecule has 0 unspecified atom stereocenters. The standard InChI is InChI=1S/C14H19ClN2O2.ClH/c1-10-7-12(15)3-4-13(10)19-9-14(18)17-6-5-16-8-11(17)2;/h3-4,7,11,16H,5-6,8-9H2,1-2H3;1H/t11-;/m1./s1. The van der Waals surface area contributed by atoms with Crippen LogP contribution >= 0.6 is 24.0 Å². The molecule has 1 aliphatic rings. The van der Waals surface area contributed by atoms with Crippen LogP contribution in [-0.2, 0) is 4.79 Å². The van der Waals surface area contributed by atoms with Gasteiger partial charge < -0.3 is 15.0 Å². The molecule has 6 heteroatoms. The van der Waals surface area contributed by atoms with E-state index in [9.17, 15) is 4.79 Å². The van der Waals surface area contributed by atoms with E-state index in [4.69, 9.17) is 16.3 Å². The first kappa shape index (κ1) is 17.1. The van der Waals surface area contributed by atoms with E-state index in [0.29, 0.717) is 10.8 Å². The van der Waals surface area contributed by atoms with E-state index in [1.54, 1.807) is 12.1 Å². The Balaban J connectivity index is 0.00000200. The number of carbonyl (C=O) groups excluding carboxylic acids is 1. The van der Waals surface area contributed by atoms with Crippen molar-refractivity contribution < 1.29 is 9.53 Å². The second-order valence-electron chi connectivity index (χ2n) is 4.84. The van der Waals surface area contributed by atoms with Crippen LogP contribution in [0.25, 0.3) is 0 Å². The van der Waals surface area contributed by atoms with Crippen LogP contribution < -0.4 is 10.1 Å². The molecule has 2 rings (SSSR count). The van der Waals surface area contributed by atoms with E-state index in [1.165, 1.54) is 0 Å². The SMILES string of the molecule is Cc1cc(Cl)ccc1OCC(=O)N1CCNC[C@H]1C.Cl. The second kappa shape index (κ2) is 7.72. The maximum absolute atomic E-state index is 12.1. The number of benzene rings is 1. The number of halogens is 2. The summed E-state index contributed by atoms with van der Waals surface area (Å²) in [6.07, 6.45) is 0. The van der Waals surface area contributed by atoms with Crippen LogP contribution in [0.15, 0.2) is 18.2 Å². The van der Waals surface area contributed by atoms with Gasteiger partial charge in [-0.15, -0.1) is 12.4 Å². The van der Waals surface area contributed by atoms with E-state index >= 15 is 0 Å². The number of ether oxygens (including phenoxy) is 1. The lowest BCUT2D eigenvalue weighted by Crippen LogP contribution is -2.53. The van der Waals surface area contributed by atoms with Gasteiger partial charge >= 0.3 is 0 Å². The van der Waals surface area contributed by atoms with Gasteiger partial charge in [0.1, 0.15) is 5.75 Å². The minimum atomic E-state index is 0. The molecular formula is C14H20Cl2N2O2. The third kappa shape index (κ3) is 4.27. The Morgan fingerprint density at radius 1 is 1.55 bits per heavy atom. The molecule has 0 bridgehead atoms. The van der Waals surface area contributed by atoms with Crippen LogP contribution in [0.4, 0.5) is 0 Å². The van der Waals surface area contributed by atoms with Crippen LogP contribution in [-0.4, -0.2) is 43.1 Å². The highest BCUT2D eigenvalue weighted by Gasteiger charge is 2.23. The maximum Gasteiger partial charge on any atom is 0.260 e. The highest BCUT2D eigenvalue weighted by atomic mass is 35.5. The number of rotatable bonds is 3. The lowest BCUT2D eigenvalue weighted by Gasteiger charge is -2.33. The summed E-state index contributed by atoms with van der Waals surface area (Å²) in [5.74, 6) is 0.740. The molecule has 112 valence electrons. The predicted molar refractivity (Wildman–Crippen MR) is 83.0 cm³/mol. The zero-order chi connectivity index (χ0) is 13.8. The summed E-state index contributed by atoms with van der Waals surface area (Å²) in [4.78, 5) is 14.0. The lowest BCUT2D eigenvalue weighted by molar-refractivity contribution is -0.136. The predicted octanol–water partition coefficient (Wildman–Crippen LogP) is 2.27. The topological polar surface area (TPSA) is 41.6 Å². The molecule has 0 spiro atoms. The Morgan fingerprint density at radius 2 is 2.30 bits per heavy atom. The third-order valence-corrected chi connectivity index (χ3v) is 3.54. The molecule has 20 heavy (non-hydrogen) atoms. The molecule has 1 aliphatic heterocycles. The van der Waals surface area contributed by atoms with Gasteiger partial charge in [-0.25, -0.2) is 0 Å². The van der Waals surface area contributed by atoms with Gasteiger partial charge in [0.2, 0.25) is 0 Å². The number of hydrogen-bond donors (Lipinski definition) is 1. The van der Waals surface area contributed by atoms with Crippen molar-refractivity contribution in [1.82, 2.24) is 10.2 Å². The molecule has 1 saturated heterocycles. The van der Waals surface area contributed by atoms with Gasteiger partial charge in [0.05, 0.1) is 0 Å². The van der Waals surface area contributed by atoms with Crippen molar-refractivity contribution in [2.45, 2.75) is 19.9 Å². The molecule has 1 aromatic carbocycles. The highest BCUT2D eigenvalue weighted by molar-refractivity contribution is 6.30. The third-order valence-electron chi connectivity index (χ3n) is 3.31. The van der Waals surface area contributed by atoms with E-state index in [0.717, 1.165) is 25.2 Å². The number of nitrogens with one attached hydrogen (secondary N) is 1. The van der Waals surface area contributed by atoms with Crippen LogP contribution in [0.3, 0.4) is 0 Å². The molecule has 0 radical (unpaired) electrons. The molecule has 0 aliphatic carbocycles. The summed E-state index contributed by atoms with van der Waals surface area (Å²) in [6, 6.07) is 5.61. The van der Waals surface area contributed by atoms with Gasteiger partial charge in [-0.3, -0.25) is 4.79 Å². The van der Waals surface area contributed by atoms with Crippen LogP contribution in [0.1, 0.15) is 12.5 Å². The molecule has 1 fully saturated rings. The molecule has 0 saturated carbocycles. The monoisotopic (exact) mass is 318 g/mol. The number of nitrogens with zero attached hydrogens (tertiary/aromatic N) is 1. The summed E-state index contributed by atoms with van der Waals surface area (Å²) in [6.45, 7) is 6.45. The first-order chi connectivity index (χ1) is 9.08. The van der Waals surface area contributed by atoms with Crippen molar-refractivity contribution in [1.29, 1.82) is 0 Å². The Labute approximate surface area is 130 Å². The fourth-order valence-corrected chi connectivity index (χ4v) is 2.44. The average molecular weight is 319 g/mol. The largest absolute Gasteiger partial charge is 0.483 e. The van der Waals surface area contributed by atoms with Gasteiger partial charge in [0.15, 0.2) is 6.61 Å². The van der Waals surface area contributed by atoms with Crippen molar-refractivity contribution in [2.24, 2.45) is 0 Å². The smallest absolute Gasteiger partial charge is 0.260 e. The molecule has 1 aromatic rings. The lowest BCUT2D eigenvalue weighted by atomic mass is 10.2. The molecule has 1 amide bonds. The molecule has 4 nitrogen and oxygen atoms in total. The van der Waals surface area contributed by atoms with E-state index in [1.807, 2.05) is 24.8 Å². The normalized spacial score (nSPS) is 18.4. The van der Waals surface area contributed by atoms with Crippen molar-refractivity contribution in [3.63, 3.8) is 0 Å². The van der Waals surface area contributed by atoms with Gasteiger partial charge in [0.25, 0.3) is 5.91 Å². The van der Waals surface area contributed by atoms with Crippen molar-refractivity contribution in [3.05, 3.63) is 28.8 Å². The maximum atomic E-state index is 12.1. The minimum absolute atomic E-state index is 0. The summed E-state index contributed by atoms with van der Waals surface area (Å²) in [5, 5.41) is 3.93. The van der Waals surface area contributed by atoms with Crippen molar-refractivity contribution >= 4 is 29.9 Å². The first-order valence-corrected chi connectivity index (χ1v) is 6.85. The van der Waals surface area contributed by atoms with Gasteiger partial charge in [0, 0.05) is 30.7 Å². The second-order valence-corrected chi connectivity index (χ2v) is 5.28. The summed E-state index contributed by atoms with van der Waals surface area (Å²) >= 11 is 5.88. The summed E-state index contributed by atoms with van der Waals surface area (Å²) in [5.41, 5.74) is 0.939. The molecular weight excluding hydrogens is 299 g/mol. The fourth-order valence-electron chi connectivity index (χ4n) is 2.21. The van der Waals surface area contributed by atoms with Crippen molar-refractivity contribution in [3.8, 4) is 5.75 Å². The zero-order valence-electron chi connectivity index (χ0n) is 11.7. The minimum Gasteiger partial charge on any atom is -0.483 e. The quantitative estimate of drug-likeness (QED) is 0.929. The van der Waals surface area contributed by atoms with Gasteiger partial charge in [-0.05, 0) is 37.6 Å². The van der Waals surface area contributed by atoms with Crippen molar-refractivity contribution in [2.75, 3.05) is 26.2 Å². The van der Waals surface area contributed by atoms with E-state index < -0.39 is 0 Å². The van der Waals surface area contributed by atoms with Crippen LogP contribution in [0, 0.1) is 6.92 Å². The molecule has 1 heterocycles. The summed E-state index contributed by atoms with van der Waals surface area (Å²) < 4.78 is 5.58. The van der Waals surface area contributed by atoms with Crippen LogP contribution in [0.5, 0.6) is 5.75 Å². The van der Waals surface area contributed by atoms with Crippen LogP contribution in [0.2, 0.25) is 5.02 Å². The van der Waals surface area contributed by atoms with E-state index in [-0.39, 0.29) is 31.0 Å². The Morgan fingerprint density at radius 3 is 2.95 bits per heavy atom. The molecule has 1 N–H and O–H groups in total. The number of piperazine rings is 1. The van der Waals surface area contributed by atoms with Gasteiger partial charge in [-0.1, -0.05) is 11.6 Å². The number of amides is 1. The first-order valence-electron chi connectivity index (χ1n) is 6.47. The van der Waals surface area contributed by atoms with Gasteiger partial charge in [-0.2, -0.15) is 0 Å².